The van der Waals surface area contributed by atoms with E-state index < -0.39 is 0 Å². The van der Waals surface area contributed by atoms with Crippen molar-refractivity contribution in [3.8, 4) is 0 Å². The van der Waals surface area contributed by atoms with E-state index in [1.807, 2.05) is 0 Å². The number of hydrogen-bond donors (Lipinski definition) is 1. The molecule has 0 aromatic carbocycles. The van der Waals surface area contributed by atoms with Crippen molar-refractivity contribution in [3.63, 3.8) is 0 Å². The Labute approximate surface area is 126 Å². The van der Waals surface area contributed by atoms with Crippen LogP contribution in [-0.4, -0.2) is 61.2 Å². The van der Waals surface area contributed by atoms with E-state index >= 15 is 0 Å². The fourth-order valence-corrected chi connectivity index (χ4v) is 3.87. The normalized spacial score (nSPS) is 30.9. The second kappa shape index (κ2) is 5.94. The molecule has 1 N–H and O–H groups in total. The molecule has 0 aromatic rings. The van der Waals surface area contributed by atoms with Crippen molar-refractivity contribution in [2.75, 3.05) is 39.8 Å². The smallest absolute Gasteiger partial charge is 0.0226 e. The van der Waals surface area contributed by atoms with Crippen molar-refractivity contribution < 1.29 is 0 Å². The molecule has 0 amide bonds. The van der Waals surface area contributed by atoms with Crippen LogP contribution >= 0.6 is 0 Å². The molecule has 0 aliphatic carbocycles. The summed E-state index contributed by atoms with van der Waals surface area (Å²) in [6.07, 6.45) is 2.68. The fraction of sp³-hybridized carbons (Fsp3) is 1.00. The molecule has 0 bridgehead atoms. The van der Waals surface area contributed by atoms with Crippen LogP contribution in [0, 0.1) is 11.3 Å². The van der Waals surface area contributed by atoms with E-state index in [2.05, 4.69) is 56.8 Å². The molecule has 0 spiro atoms. The predicted octanol–water partition coefficient (Wildman–Crippen LogP) is 2.43. The molecular weight excluding hydrogens is 246 g/mol. The molecule has 2 aliphatic heterocycles. The summed E-state index contributed by atoms with van der Waals surface area (Å²) in [7, 11) is 2.31. The van der Waals surface area contributed by atoms with Crippen molar-refractivity contribution in [1.29, 1.82) is 0 Å². The molecule has 2 rings (SSSR count). The molecule has 2 atom stereocenters. The molecule has 2 heterocycles. The number of hydrogen-bond acceptors (Lipinski definition) is 3. The van der Waals surface area contributed by atoms with Gasteiger partial charge in [0.05, 0.1) is 0 Å². The summed E-state index contributed by atoms with van der Waals surface area (Å²) < 4.78 is 0. The molecule has 2 fully saturated rings. The molecular formula is C17H35N3. The van der Waals surface area contributed by atoms with Gasteiger partial charge in [-0.05, 0) is 65.1 Å². The summed E-state index contributed by atoms with van der Waals surface area (Å²) in [5, 5.41) is 3.54. The van der Waals surface area contributed by atoms with Crippen LogP contribution in [0.4, 0.5) is 0 Å². The molecule has 3 nitrogen and oxygen atoms in total. The largest absolute Gasteiger partial charge is 0.316 e. The highest BCUT2D eigenvalue weighted by atomic mass is 15.3. The van der Waals surface area contributed by atoms with Gasteiger partial charge in [-0.3, -0.25) is 4.90 Å². The third-order valence-electron chi connectivity index (χ3n) is 5.65. The third kappa shape index (κ3) is 3.75. The maximum Gasteiger partial charge on any atom is 0.0226 e. The average Bonchev–Trinajstić information content (AvgIpc) is 2.84. The number of nitrogens with one attached hydrogen (secondary N) is 1. The summed E-state index contributed by atoms with van der Waals surface area (Å²) in [5.74, 6) is 0.848. The van der Waals surface area contributed by atoms with Crippen molar-refractivity contribution >= 4 is 0 Å². The highest BCUT2D eigenvalue weighted by molar-refractivity contribution is 4.93. The lowest BCUT2D eigenvalue weighted by Gasteiger charge is -2.48. The standard InChI is InChI=1S/C17H35N3/c1-16(2,3)20-10-9-19(6)15(13-20)11-17(4,5)14-7-8-18-12-14/h14-15,18H,7-13H2,1-6H3. The topological polar surface area (TPSA) is 18.5 Å². The van der Waals surface area contributed by atoms with E-state index in [-0.39, 0.29) is 0 Å². The monoisotopic (exact) mass is 281 g/mol. The lowest BCUT2D eigenvalue weighted by Crippen LogP contribution is -2.58. The van der Waals surface area contributed by atoms with Gasteiger partial charge in [-0.2, -0.15) is 0 Å². The van der Waals surface area contributed by atoms with E-state index in [9.17, 15) is 0 Å². The van der Waals surface area contributed by atoms with E-state index in [1.54, 1.807) is 0 Å². The van der Waals surface area contributed by atoms with E-state index in [0.29, 0.717) is 17.0 Å². The summed E-state index contributed by atoms with van der Waals surface area (Å²) in [4.78, 5) is 5.26. The van der Waals surface area contributed by atoms with Crippen molar-refractivity contribution in [3.05, 3.63) is 0 Å². The average molecular weight is 281 g/mol. The zero-order valence-corrected chi connectivity index (χ0v) is 14.5. The Balaban J connectivity index is 1.99. The zero-order chi connectivity index (χ0) is 15.0. The first-order valence-corrected chi connectivity index (χ1v) is 8.36. The minimum atomic E-state index is 0.304. The molecule has 3 heteroatoms. The fourth-order valence-electron chi connectivity index (χ4n) is 3.87. The summed E-state index contributed by atoms with van der Waals surface area (Å²) in [6, 6.07) is 0.707. The Kier molecular flexibility index (Phi) is 4.83. The van der Waals surface area contributed by atoms with E-state index in [0.717, 1.165) is 5.92 Å². The number of rotatable bonds is 3. The second-order valence-electron chi connectivity index (χ2n) is 8.63. The van der Waals surface area contributed by atoms with Crippen LogP contribution in [-0.2, 0) is 0 Å². The van der Waals surface area contributed by atoms with Gasteiger partial charge in [-0.1, -0.05) is 13.8 Å². The lowest BCUT2D eigenvalue weighted by atomic mass is 9.73. The quantitative estimate of drug-likeness (QED) is 0.857. The summed E-state index contributed by atoms with van der Waals surface area (Å²) in [6.45, 7) is 18.1. The van der Waals surface area contributed by atoms with Gasteiger partial charge in [0, 0.05) is 31.2 Å². The minimum absolute atomic E-state index is 0.304. The highest BCUT2D eigenvalue weighted by Gasteiger charge is 2.38. The van der Waals surface area contributed by atoms with Gasteiger partial charge in [-0.25, -0.2) is 0 Å². The Morgan fingerprint density at radius 1 is 1.10 bits per heavy atom. The van der Waals surface area contributed by atoms with Crippen molar-refractivity contribution in [2.24, 2.45) is 11.3 Å². The Morgan fingerprint density at radius 3 is 2.35 bits per heavy atom. The van der Waals surface area contributed by atoms with Crippen LogP contribution in [0.3, 0.4) is 0 Å². The molecule has 2 saturated heterocycles. The van der Waals surface area contributed by atoms with E-state index in [1.165, 1.54) is 45.6 Å². The van der Waals surface area contributed by atoms with Crippen LogP contribution in [0.5, 0.6) is 0 Å². The zero-order valence-electron chi connectivity index (χ0n) is 14.5. The van der Waals surface area contributed by atoms with Crippen LogP contribution < -0.4 is 5.32 Å². The number of nitrogens with zero attached hydrogens (tertiary/aromatic N) is 2. The van der Waals surface area contributed by atoms with Gasteiger partial charge in [0.2, 0.25) is 0 Å². The van der Waals surface area contributed by atoms with Gasteiger partial charge >= 0.3 is 0 Å². The maximum absolute atomic E-state index is 3.54. The minimum Gasteiger partial charge on any atom is -0.316 e. The van der Waals surface area contributed by atoms with Crippen LogP contribution in [0.1, 0.15) is 47.5 Å². The molecule has 0 radical (unpaired) electrons. The molecule has 0 aromatic heterocycles. The van der Waals surface area contributed by atoms with Crippen LogP contribution in [0.15, 0.2) is 0 Å². The first-order chi connectivity index (χ1) is 9.20. The van der Waals surface area contributed by atoms with Gasteiger partial charge in [-0.15, -0.1) is 0 Å². The molecule has 2 unspecified atom stereocenters. The van der Waals surface area contributed by atoms with Crippen LogP contribution in [0.2, 0.25) is 0 Å². The predicted molar refractivity (Wildman–Crippen MR) is 87.1 cm³/mol. The number of likely N-dealkylation sites (N-methyl/N-ethyl adjacent to an activating group) is 1. The SMILES string of the molecule is CN1CCN(C(C)(C)C)CC1CC(C)(C)C1CCNC1. The van der Waals surface area contributed by atoms with Crippen LogP contribution in [0.25, 0.3) is 0 Å². The van der Waals surface area contributed by atoms with Gasteiger partial charge in [0.1, 0.15) is 0 Å². The van der Waals surface area contributed by atoms with E-state index in [4.69, 9.17) is 0 Å². The lowest BCUT2D eigenvalue weighted by molar-refractivity contribution is 0.0112. The van der Waals surface area contributed by atoms with Gasteiger partial charge < -0.3 is 10.2 Å². The second-order valence-corrected chi connectivity index (χ2v) is 8.63. The van der Waals surface area contributed by atoms with Gasteiger partial charge in [0.25, 0.3) is 0 Å². The molecule has 0 saturated carbocycles. The molecule has 2 aliphatic rings. The van der Waals surface area contributed by atoms with Crippen molar-refractivity contribution in [2.45, 2.75) is 59.0 Å². The number of piperazine rings is 1. The van der Waals surface area contributed by atoms with Gasteiger partial charge in [0.15, 0.2) is 0 Å². The maximum atomic E-state index is 3.54. The Morgan fingerprint density at radius 2 is 1.80 bits per heavy atom. The van der Waals surface area contributed by atoms with Crippen molar-refractivity contribution in [1.82, 2.24) is 15.1 Å². The summed E-state index contributed by atoms with van der Waals surface area (Å²) in [5.41, 5.74) is 0.752. The first kappa shape index (κ1) is 16.3. The molecule has 20 heavy (non-hydrogen) atoms. The summed E-state index contributed by atoms with van der Waals surface area (Å²) >= 11 is 0. The first-order valence-electron chi connectivity index (χ1n) is 8.36. The molecule has 118 valence electrons. The highest BCUT2D eigenvalue weighted by Crippen LogP contribution is 2.37. The third-order valence-corrected chi connectivity index (χ3v) is 5.65. The Hall–Kier alpha value is -0.120. The Bertz CT molecular complexity index is 313.